The van der Waals surface area contributed by atoms with Gasteiger partial charge in [-0.05, 0) is 6.07 Å². The van der Waals surface area contributed by atoms with E-state index in [1.807, 2.05) is 0 Å². The van der Waals surface area contributed by atoms with E-state index in [9.17, 15) is 4.39 Å². The molecule has 1 aromatic rings. The van der Waals surface area contributed by atoms with Gasteiger partial charge in [-0.25, -0.2) is 4.39 Å². The first kappa shape index (κ1) is 10.8. The van der Waals surface area contributed by atoms with E-state index >= 15 is 0 Å². The summed E-state index contributed by atoms with van der Waals surface area (Å²) in [6.07, 6.45) is 0. The fraction of sp³-hybridized carbons (Fsp3) is 0.250. The highest BCUT2D eigenvalue weighted by Crippen LogP contribution is 2.37. The fourth-order valence-electron chi connectivity index (χ4n) is 1.30. The minimum absolute atomic E-state index is 0. The van der Waals surface area contributed by atoms with Crippen molar-refractivity contribution in [3.63, 3.8) is 0 Å². The van der Waals surface area contributed by atoms with E-state index in [0.29, 0.717) is 16.8 Å². The summed E-state index contributed by atoms with van der Waals surface area (Å²) in [6.45, 7) is 0.428. The van der Waals surface area contributed by atoms with Crippen molar-refractivity contribution in [2.24, 2.45) is 5.73 Å². The highest BCUT2D eigenvalue weighted by molar-refractivity contribution is 9.10. The van der Waals surface area contributed by atoms with E-state index < -0.39 is 0 Å². The van der Waals surface area contributed by atoms with Crippen LogP contribution in [0.1, 0.15) is 11.6 Å². The molecule has 2 N–H and O–H groups in total. The largest absolute Gasteiger partial charge is 0.491 e. The summed E-state index contributed by atoms with van der Waals surface area (Å²) < 4.78 is 18.7. The Bertz CT molecular complexity index is 334. The first-order valence-electron chi connectivity index (χ1n) is 3.56. The minimum atomic E-state index is -0.310. The van der Waals surface area contributed by atoms with Gasteiger partial charge in [0.2, 0.25) is 0 Å². The molecule has 72 valence electrons. The lowest BCUT2D eigenvalue weighted by Gasteiger charge is -2.03. The van der Waals surface area contributed by atoms with Gasteiger partial charge in [0.15, 0.2) is 0 Å². The molecule has 1 heterocycles. The monoisotopic (exact) mass is 267 g/mol. The lowest BCUT2D eigenvalue weighted by molar-refractivity contribution is 0.332. The SMILES string of the molecule is Cl.NC1COc2cc(F)cc(Br)c21. The second-order valence-electron chi connectivity index (χ2n) is 2.72. The third kappa shape index (κ3) is 1.80. The van der Waals surface area contributed by atoms with Gasteiger partial charge in [-0.1, -0.05) is 15.9 Å². The van der Waals surface area contributed by atoms with Crippen LogP contribution in [0, 0.1) is 5.82 Å². The van der Waals surface area contributed by atoms with Crippen molar-refractivity contribution < 1.29 is 9.13 Å². The summed E-state index contributed by atoms with van der Waals surface area (Å²) >= 11 is 3.24. The lowest BCUT2D eigenvalue weighted by Crippen LogP contribution is -2.11. The van der Waals surface area contributed by atoms with E-state index in [0.717, 1.165) is 5.56 Å². The molecule has 0 fully saturated rings. The van der Waals surface area contributed by atoms with Crippen LogP contribution in [0.4, 0.5) is 4.39 Å². The minimum Gasteiger partial charge on any atom is -0.491 e. The smallest absolute Gasteiger partial charge is 0.128 e. The van der Waals surface area contributed by atoms with Crippen LogP contribution < -0.4 is 10.5 Å². The van der Waals surface area contributed by atoms with Gasteiger partial charge in [-0.2, -0.15) is 0 Å². The van der Waals surface area contributed by atoms with Crippen LogP contribution in [0.5, 0.6) is 5.75 Å². The number of halogens is 3. The Morgan fingerprint density at radius 3 is 2.92 bits per heavy atom. The molecule has 0 saturated carbocycles. The summed E-state index contributed by atoms with van der Waals surface area (Å²) in [5.41, 5.74) is 6.58. The summed E-state index contributed by atoms with van der Waals surface area (Å²) in [5, 5.41) is 0. The highest BCUT2D eigenvalue weighted by Gasteiger charge is 2.23. The van der Waals surface area contributed by atoms with Crippen LogP contribution in [0.2, 0.25) is 0 Å². The van der Waals surface area contributed by atoms with Crippen molar-refractivity contribution in [3.8, 4) is 5.75 Å². The van der Waals surface area contributed by atoms with Crippen molar-refractivity contribution in [2.75, 3.05) is 6.61 Å². The maximum Gasteiger partial charge on any atom is 0.128 e. The number of benzene rings is 1. The Morgan fingerprint density at radius 2 is 2.23 bits per heavy atom. The molecule has 1 aliphatic rings. The van der Waals surface area contributed by atoms with Gasteiger partial charge in [0.1, 0.15) is 18.2 Å². The molecular formula is C8H8BrClFNO. The predicted molar refractivity (Wildman–Crippen MR) is 53.8 cm³/mol. The molecule has 0 saturated heterocycles. The fourth-order valence-corrected chi connectivity index (χ4v) is 2.01. The maximum absolute atomic E-state index is 12.8. The Hall–Kier alpha value is -0.320. The topological polar surface area (TPSA) is 35.2 Å². The molecule has 13 heavy (non-hydrogen) atoms. The summed E-state index contributed by atoms with van der Waals surface area (Å²) in [7, 11) is 0. The van der Waals surface area contributed by atoms with Gasteiger partial charge in [0.05, 0.1) is 6.04 Å². The molecule has 0 amide bonds. The van der Waals surface area contributed by atoms with Crippen LogP contribution in [-0.4, -0.2) is 6.61 Å². The molecule has 1 atom stereocenters. The average molecular weight is 269 g/mol. The van der Waals surface area contributed by atoms with Crippen LogP contribution >= 0.6 is 28.3 Å². The second-order valence-corrected chi connectivity index (χ2v) is 3.57. The molecule has 1 aliphatic heterocycles. The molecule has 1 aromatic carbocycles. The highest BCUT2D eigenvalue weighted by atomic mass is 79.9. The Labute approximate surface area is 89.8 Å². The predicted octanol–water partition coefficient (Wildman–Crippen LogP) is 2.40. The van der Waals surface area contributed by atoms with Gasteiger partial charge >= 0.3 is 0 Å². The summed E-state index contributed by atoms with van der Waals surface area (Å²) in [4.78, 5) is 0. The van der Waals surface area contributed by atoms with E-state index in [1.165, 1.54) is 12.1 Å². The number of nitrogens with two attached hydrogens (primary N) is 1. The number of ether oxygens (including phenoxy) is 1. The van der Waals surface area contributed by atoms with Crippen molar-refractivity contribution in [1.82, 2.24) is 0 Å². The van der Waals surface area contributed by atoms with Crippen molar-refractivity contribution in [2.45, 2.75) is 6.04 Å². The van der Waals surface area contributed by atoms with Gasteiger partial charge in [-0.15, -0.1) is 12.4 Å². The first-order valence-corrected chi connectivity index (χ1v) is 4.35. The van der Waals surface area contributed by atoms with Crippen molar-refractivity contribution in [3.05, 3.63) is 28.0 Å². The number of hydrogen-bond donors (Lipinski definition) is 1. The molecule has 0 radical (unpaired) electrons. The summed E-state index contributed by atoms with van der Waals surface area (Å²) in [6, 6.07) is 2.61. The van der Waals surface area contributed by atoms with Gasteiger partial charge in [0, 0.05) is 16.1 Å². The number of hydrogen-bond acceptors (Lipinski definition) is 2. The van der Waals surface area contributed by atoms with Gasteiger partial charge in [0.25, 0.3) is 0 Å². The third-order valence-electron chi connectivity index (χ3n) is 1.85. The van der Waals surface area contributed by atoms with Crippen molar-refractivity contribution in [1.29, 1.82) is 0 Å². The van der Waals surface area contributed by atoms with Crippen LogP contribution in [-0.2, 0) is 0 Å². The summed E-state index contributed by atoms with van der Waals surface area (Å²) in [5.74, 6) is 0.240. The van der Waals surface area contributed by atoms with Crippen LogP contribution in [0.25, 0.3) is 0 Å². The Kier molecular flexibility index (Phi) is 3.16. The number of rotatable bonds is 0. The van der Waals surface area contributed by atoms with Crippen LogP contribution in [0.15, 0.2) is 16.6 Å². The molecular weight excluding hydrogens is 260 g/mol. The normalized spacial score (nSPS) is 18.8. The van der Waals surface area contributed by atoms with E-state index in [2.05, 4.69) is 15.9 Å². The van der Waals surface area contributed by atoms with E-state index in [4.69, 9.17) is 10.5 Å². The quantitative estimate of drug-likeness (QED) is 0.784. The van der Waals surface area contributed by atoms with Gasteiger partial charge < -0.3 is 10.5 Å². The maximum atomic E-state index is 12.8. The zero-order chi connectivity index (χ0) is 8.72. The second kappa shape index (κ2) is 3.82. The van der Waals surface area contributed by atoms with Crippen molar-refractivity contribution >= 4 is 28.3 Å². The molecule has 0 spiro atoms. The molecule has 2 rings (SSSR count). The van der Waals surface area contributed by atoms with Gasteiger partial charge in [-0.3, -0.25) is 0 Å². The zero-order valence-corrected chi connectivity index (χ0v) is 8.99. The third-order valence-corrected chi connectivity index (χ3v) is 2.50. The van der Waals surface area contributed by atoms with Crippen LogP contribution in [0.3, 0.4) is 0 Å². The molecule has 0 aliphatic carbocycles. The standard InChI is InChI=1S/C8H7BrFNO.ClH/c9-5-1-4(10)2-7-8(5)6(11)3-12-7;/h1-2,6H,3,11H2;1H. The van der Waals surface area contributed by atoms with E-state index in [1.54, 1.807) is 0 Å². The Balaban J connectivity index is 0.000000845. The average Bonchev–Trinajstić information content (AvgIpc) is 2.31. The zero-order valence-electron chi connectivity index (χ0n) is 6.59. The lowest BCUT2D eigenvalue weighted by atomic mass is 10.1. The molecule has 1 unspecified atom stereocenters. The molecule has 0 aromatic heterocycles. The number of fused-ring (bicyclic) bond motifs is 1. The Morgan fingerprint density at radius 1 is 1.54 bits per heavy atom. The molecule has 2 nitrogen and oxygen atoms in total. The first-order chi connectivity index (χ1) is 5.68. The van der Waals surface area contributed by atoms with E-state index in [-0.39, 0.29) is 24.3 Å². The molecule has 0 bridgehead atoms. The molecule has 5 heteroatoms.